The number of halogens is 3. The lowest BCUT2D eigenvalue weighted by Gasteiger charge is -2.34. The lowest BCUT2D eigenvalue weighted by molar-refractivity contribution is -0.611. The van der Waals surface area contributed by atoms with Crippen molar-refractivity contribution in [1.29, 1.82) is 0 Å². The zero-order chi connectivity index (χ0) is 27.6. The average molecular weight is 530 g/mol. The lowest BCUT2D eigenvalue weighted by Crippen LogP contribution is -2.50. The lowest BCUT2D eigenvalue weighted by atomic mass is 9.78. The maximum absolute atomic E-state index is 13.4. The number of benzene rings is 1. The van der Waals surface area contributed by atoms with Crippen LogP contribution in [0.5, 0.6) is 0 Å². The van der Waals surface area contributed by atoms with E-state index in [1.54, 1.807) is 44.3 Å². The third-order valence-corrected chi connectivity index (χ3v) is 7.32. The maximum Gasteiger partial charge on any atom is 0.391 e. The third-order valence-electron chi connectivity index (χ3n) is 7.32. The predicted octanol–water partition coefficient (Wildman–Crippen LogP) is 4.44. The SMILES string of the molecule is Cc1cc[n+]([O-])c(C)c1-c1ccc(NC(=O)[C@@H](NC(=O)c2ccnn2C)C2CCC(C(F)(F)F)CC2)cc1. The molecular formula is C27H30F3N5O3. The number of nitrogens with zero attached hydrogens (tertiary/aromatic N) is 3. The Hall–Kier alpha value is -3.89. The monoisotopic (exact) mass is 529 g/mol. The van der Waals surface area contributed by atoms with Gasteiger partial charge in [-0.2, -0.15) is 23.0 Å². The average Bonchev–Trinajstić information content (AvgIpc) is 3.31. The highest BCUT2D eigenvalue weighted by atomic mass is 19.4. The van der Waals surface area contributed by atoms with E-state index in [2.05, 4.69) is 15.7 Å². The molecule has 2 heterocycles. The summed E-state index contributed by atoms with van der Waals surface area (Å²) in [4.78, 5) is 26.3. The van der Waals surface area contributed by atoms with Crippen molar-refractivity contribution < 1.29 is 27.5 Å². The van der Waals surface area contributed by atoms with Gasteiger partial charge in [0.05, 0.1) is 11.5 Å². The second kappa shape index (κ2) is 10.8. The van der Waals surface area contributed by atoms with Crippen LogP contribution in [-0.2, 0) is 11.8 Å². The molecule has 0 unspecified atom stereocenters. The number of amides is 2. The van der Waals surface area contributed by atoms with Gasteiger partial charge in [0.1, 0.15) is 11.7 Å². The molecule has 202 valence electrons. The summed E-state index contributed by atoms with van der Waals surface area (Å²) in [5.41, 5.74) is 3.77. The van der Waals surface area contributed by atoms with Gasteiger partial charge in [-0.15, -0.1) is 0 Å². The van der Waals surface area contributed by atoms with E-state index < -0.39 is 35.9 Å². The van der Waals surface area contributed by atoms with Gasteiger partial charge in [0, 0.05) is 31.9 Å². The molecule has 2 amide bonds. The van der Waals surface area contributed by atoms with Crippen molar-refractivity contribution in [2.75, 3.05) is 5.32 Å². The number of anilines is 1. The van der Waals surface area contributed by atoms with Crippen molar-refractivity contribution >= 4 is 17.5 Å². The van der Waals surface area contributed by atoms with E-state index in [1.165, 1.54) is 23.1 Å². The van der Waals surface area contributed by atoms with Crippen LogP contribution in [0.3, 0.4) is 0 Å². The molecule has 1 aliphatic rings. The summed E-state index contributed by atoms with van der Waals surface area (Å²) in [6, 6.07) is 9.15. The summed E-state index contributed by atoms with van der Waals surface area (Å²) >= 11 is 0. The minimum atomic E-state index is -4.27. The van der Waals surface area contributed by atoms with Gasteiger partial charge in [-0.3, -0.25) is 14.3 Å². The zero-order valence-electron chi connectivity index (χ0n) is 21.4. The highest BCUT2D eigenvalue weighted by Crippen LogP contribution is 2.40. The molecule has 0 radical (unpaired) electrons. The number of hydrogen-bond donors (Lipinski definition) is 2. The largest absolute Gasteiger partial charge is 0.618 e. The molecule has 38 heavy (non-hydrogen) atoms. The van der Waals surface area contributed by atoms with Crippen LogP contribution in [0.2, 0.25) is 0 Å². The molecule has 3 aromatic rings. The molecule has 1 fully saturated rings. The number of aryl methyl sites for hydroxylation is 2. The van der Waals surface area contributed by atoms with Crippen LogP contribution in [0, 0.1) is 30.9 Å². The van der Waals surface area contributed by atoms with Crippen molar-refractivity contribution in [3.8, 4) is 11.1 Å². The van der Waals surface area contributed by atoms with Crippen LogP contribution in [0.4, 0.5) is 18.9 Å². The van der Waals surface area contributed by atoms with Crippen molar-refractivity contribution in [2.24, 2.45) is 18.9 Å². The van der Waals surface area contributed by atoms with Crippen molar-refractivity contribution in [2.45, 2.75) is 51.7 Å². The molecule has 1 saturated carbocycles. The Bertz CT molecular complexity index is 1310. The van der Waals surface area contributed by atoms with Gasteiger partial charge in [0.25, 0.3) is 5.91 Å². The van der Waals surface area contributed by atoms with Crippen LogP contribution >= 0.6 is 0 Å². The fraction of sp³-hybridized carbons (Fsp3) is 0.407. The first-order valence-electron chi connectivity index (χ1n) is 12.4. The zero-order valence-corrected chi connectivity index (χ0v) is 21.4. The summed E-state index contributed by atoms with van der Waals surface area (Å²) in [6.45, 7) is 3.63. The first kappa shape index (κ1) is 27.2. The Balaban J connectivity index is 1.53. The van der Waals surface area contributed by atoms with Gasteiger partial charge >= 0.3 is 6.18 Å². The minimum Gasteiger partial charge on any atom is -0.618 e. The molecule has 0 saturated heterocycles. The van der Waals surface area contributed by atoms with Gasteiger partial charge in [-0.25, -0.2) is 0 Å². The van der Waals surface area contributed by atoms with Crippen LogP contribution in [-0.4, -0.2) is 33.8 Å². The van der Waals surface area contributed by atoms with Crippen LogP contribution < -0.4 is 15.4 Å². The number of pyridine rings is 1. The first-order chi connectivity index (χ1) is 18.0. The summed E-state index contributed by atoms with van der Waals surface area (Å²) in [7, 11) is 1.59. The van der Waals surface area contributed by atoms with E-state index >= 15 is 0 Å². The second-order valence-electron chi connectivity index (χ2n) is 9.80. The quantitative estimate of drug-likeness (QED) is 0.364. The fourth-order valence-electron chi connectivity index (χ4n) is 5.14. The van der Waals surface area contributed by atoms with E-state index in [0.717, 1.165) is 21.4 Å². The Morgan fingerprint density at radius 2 is 1.74 bits per heavy atom. The smallest absolute Gasteiger partial charge is 0.391 e. The van der Waals surface area contributed by atoms with E-state index in [9.17, 15) is 28.0 Å². The van der Waals surface area contributed by atoms with E-state index in [-0.39, 0.29) is 31.4 Å². The van der Waals surface area contributed by atoms with Gasteiger partial charge in [0.15, 0.2) is 11.9 Å². The molecule has 2 N–H and O–H groups in total. The molecule has 8 nitrogen and oxygen atoms in total. The Labute approximate surface area is 218 Å². The predicted molar refractivity (Wildman–Crippen MR) is 135 cm³/mol. The second-order valence-corrected chi connectivity index (χ2v) is 9.80. The standard InChI is InChI=1S/C27H30F3N5O3/c1-16-13-15-35(38)17(2)23(16)18-6-10-21(11-7-18)32-26(37)24(33-25(36)22-12-14-31-34(22)3)19-4-8-20(9-5-19)27(28,29)30/h6-7,10-15,19-20,24H,4-5,8-9H2,1-3H3,(H,32,37)(H,33,36)/t19?,20?,24-/m0/s1. The molecule has 0 bridgehead atoms. The Kier molecular flexibility index (Phi) is 7.75. The van der Waals surface area contributed by atoms with Gasteiger partial charge < -0.3 is 15.8 Å². The van der Waals surface area contributed by atoms with Crippen LogP contribution in [0.1, 0.15) is 47.4 Å². The highest BCUT2D eigenvalue weighted by Gasteiger charge is 2.44. The first-order valence-corrected chi connectivity index (χ1v) is 12.4. The summed E-state index contributed by atoms with van der Waals surface area (Å²) in [6.07, 6.45) is -1.24. The molecule has 0 spiro atoms. The summed E-state index contributed by atoms with van der Waals surface area (Å²) in [5.74, 6) is -2.89. The molecule has 0 aliphatic heterocycles. The van der Waals surface area contributed by atoms with Crippen molar-refractivity contribution in [1.82, 2.24) is 15.1 Å². The Morgan fingerprint density at radius 3 is 2.32 bits per heavy atom. The van der Waals surface area contributed by atoms with E-state index in [1.807, 2.05) is 6.92 Å². The molecule has 4 rings (SSSR count). The minimum absolute atomic E-state index is 0.0935. The maximum atomic E-state index is 13.4. The highest BCUT2D eigenvalue weighted by molar-refractivity contribution is 6.00. The van der Waals surface area contributed by atoms with Crippen molar-refractivity contribution in [3.05, 3.63) is 71.0 Å². The van der Waals surface area contributed by atoms with Crippen LogP contribution in [0.25, 0.3) is 11.1 Å². The molecule has 1 aromatic carbocycles. The fourth-order valence-corrected chi connectivity index (χ4v) is 5.14. The molecule has 1 aliphatic carbocycles. The van der Waals surface area contributed by atoms with Gasteiger partial charge in [-0.05, 0) is 67.9 Å². The number of rotatable bonds is 6. The summed E-state index contributed by atoms with van der Waals surface area (Å²) < 4.78 is 41.8. The third kappa shape index (κ3) is 5.81. The number of aromatic nitrogens is 3. The van der Waals surface area contributed by atoms with Crippen LogP contribution in [0.15, 0.2) is 48.8 Å². The number of carbonyl (C=O) groups is 2. The number of hydrogen-bond acceptors (Lipinski definition) is 4. The topological polar surface area (TPSA) is 103 Å². The molecule has 11 heteroatoms. The Morgan fingerprint density at radius 1 is 1.08 bits per heavy atom. The summed E-state index contributed by atoms with van der Waals surface area (Å²) in [5, 5.41) is 21.5. The van der Waals surface area contributed by atoms with E-state index in [4.69, 9.17) is 0 Å². The van der Waals surface area contributed by atoms with Crippen molar-refractivity contribution in [3.63, 3.8) is 0 Å². The van der Waals surface area contributed by atoms with Gasteiger partial charge in [-0.1, -0.05) is 12.1 Å². The van der Waals surface area contributed by atoms with E-state index in [0.29, 0.717) is 11.4 Å². The number of nitrogens with one attached hydrogen (secondary N) is 2. The normalized spacial score (nSPS) is 18.6. The molecule has 1 atom stereocenters. The molecule has 2 aromatic heterocycles. The van der Waals surface area contributed by atoms with Gasteiger partial charge in [0.2, 0.25) is 5.91 Å². The number of carbonyl (C=O) groups excluding carboxylic acids is 2. The molecular weight excluding hydrogens is 499 g/mol. The number of alkyl halides is 3.